The van der Waals surface area contributed by atoms with E-state index >= 15 is 0 Å². The van der Waals surface area contributed by atoms with Crippen LogP contribution in [0.1, 0.15) is 25.5 Å². The molecule has 0 saturated heterocycles. The van der Waals surface area contributed by atoms with Crippen molar-refractivity contribution in [2.75, 3.05) is 37.9 Å². The highest BCUT2D eigenvalue weighted by Gasteiger charge is 2.23. The Labute approximate surface area is 177 Å². The maximum absolute atomic E-state index is 12.7. The molecule has 0 fully saturated rings. The number of anilines is 1. The van der Waals surface area contributed by atoms with E-state index in [-0.39, 0.29) is 6.54 Å². The van der Waals surface area contributed by atoms with Crippen LogP contribution in [-0.2, 0) is 14.8 Å². The van der Waals surface area contributed by atoms with Crippen molar-refractivity contribution in [2.24, 2.45) is 0 Å². The molecule has 0 unspecified atom stereocenters. The molecule has 8 nitrogen and oxygen atoms in total. The predicted molar refractivity (Wildman–Crippen MR) is 116 cm³/mol. The van der Waals surface area contributed by atoms with Gasteiger partial charge in [0.15, 0.2) is 0 Å². The molecule has 0 aliphatic heterocycles. The van der Waals surface area contributed by atoms with E-state index in [4.69, 9.17) is 14.2 Å². The molecule has 2 aromatic rings. The van der Waals surface area contributed by atoms with Gasteiger partial charge in [0.1, 0.15) is 23.8 Å². The Balaban J connectivity index is 2.18. The molecule has 30 heavy (non-hydrogen) atoms. The minimum Gasteiger partial charge on any atom is -0.497 e. The summed E-state index contributed by atoms with van der Waals surface area (Å²) in [4.78, 5) is 12.7. The fraction of sp³-hybridized carbons (Fsp3) is 0.381. The number of carbonyl (C=O) groups excluding carboxylic acids is 1. The van der Waals surface area contributed by atoms with Crippen LogP contribution < -0.4 is 23.8 Å². The van der Waals surface area contributed by atoms with Gasteiger partial charge in [-0.05, 0) is 56.3 Å². The minimum atomic E-state index is -3.68. The highest BCUT2D eigenvalue weighted by molar-refractivity contribution is 7.92. The van der Waals surface area contributed by atoms with Crippen LogP contribution in [-0.4, -0.2) is 48.0 Å². The summed E-state index contributed by atoms with van der Waals surface area (Å²) in [6.45, 7) is 3.79. The first-order chi connectivity index (χ1) is 14.2. The number of methoxy groups -OCH3 is 2. The monoisotopic (exact) mass is 436 g/mol. The number of nitrogens with zero attached hydrogens (tertiary/aromatic N) is 1. The molecule has 1 amide bonds. The highest BCUT2D eigenvalue weighted by atomic mass is 32.2. The van der Waals surface area contributed by atoms with Crippen molar-refractivity contribution in [3.63, 3.8) is 0 Å². The van der Waals surface area contributed by atoms with Gasteiger partial charge in [-0.3, -0.25) is 9.10 Å². The standard InChI is InChI=1S/C21H28N2O6S/c1-6-29-17-9-7-16(8-10-17)23(30(5,25)26)14-21(24)22-15(2)19-13-18(27-3)11-12-20(19)28-4/h7-13,15H,6,14H2,1-5H3,(H,22,24)/t15-/m0/s1. The largest absolute Gasteiger partial charge is 0.497 e. The van der Waals surface area contributed by atoms with Crippen LogP contribution in [0, 0.1) is 0 Å². The van der Waals surface area contributed by atoms with Gasteiger partial charge in [-0.25, -0.2) is 8.42 Å². The normalized spacial score (nSPS) is 12.0. The zero-order valence-corrected chi connectivity index (χ0v) is 18.7. The van der Waals surface area contributed by atoms with Crippen LogP contribution in [0.4, 0.5) is 5.69 Å². The van der Waals surface area contributed by atoms with Gasteiger partial charge in [0.05, 0.1) is 38.8 Å². The molecule has 9 heteroatoms. The first-order valence-corrected chi connectivity index (χ1v) is 11.3. The maximum atomic E-state index is 12.7. The van der Waals surface area contributed by atoms with E-state index in [1.807, 2.05) is 6.92 Å². The molecule has 0 bridgehead atoms. The topological polar surface area (TPSA) is 94.2 Å². The van der Waals surface area contributed by atoms with Crippen molar-refractivity contribution < 1.29 is 27.4 Å². The Morgan fingerprint density at radius 1 is 1.07 bits per heavy atom. The fourth-order valence-corrected chi connectivity index (χ4v) is 3.80. The fourth-order valence-electron chi connectivity index (χ4n) is 2.95. The highest BCUT2D eigenvalue weighted by Crippen LogP contribution is 2.29. The van der Waals surface area contributed by atoms with Crippen LogP contribution in [0.15, 0.2) is 42.5 Å². The minimum absolute atomic E-state index is 0.358. The molecule has 0 heterocycles. The van der Waals surface area contributed by atoms with E-state index in [1.54, 1.807) is 56.5 Å². The number of carbonyl (C=O) groups is 1. The van der Waals surface area contributed by atoms with E-state index < -0.39 is 22.0 Å². The average molecular weight is 437 g/mol. The van der Waals surface area contributed by atoms with Crippen molar-refractivity contribution in [2.45, 2.75) is 19.9 Å². The second-order valence-corrected chi connectivity index (χ2v) is 8.50. The molecule has 164 valence electrons. The summed E-state index contributed by atoms with van der Waals surface area (Å²) in [6, 6.07) is 11.4. The van der Waals surface area contributed by atoms with Crippen LogP contribution in [0.3, 0.4) is 0 Å². The van der Waals surface area contributed by atoms with Crippen molar-refractivity contribution in [3.8, 4) is 17.2 Å². The number of amides is 1. The third kappa shape index (κ3) is 6.03. The Morgan fingerprint density at radius 2 is 1.70 bits per heavy atom. The van der Waals surface area contributed by atoms with Crippen LogP contribution >= 0.6 is 0 Å². The van der Waals surface area contributed by atoms with Crippen molar-refractivity contribution in [1.29, 1.82) is 0 Å². The first kappa shape index (κ1) is 23.3. The van der Waals surface area contributed by atoms with Gasteiger partial charge in [-0.2, -0.15) is 0 Å². The molecule has 0 aliphatic rings. The molecule has 2 aromatic carbocycles. The Bertz CT molecular complexity index is 960. The summed E-state index contributed by atoms with van der Waals surface area (Å²) < 4.78 is 41.6. The van der Waals surface area contributed by atoms with Crippen LogP contribution in [0.5, 0.6) is 17.2 Å². The maximum Gasteiger partial charge on any atom is 0.241 e. The second-order valence-electron chi connectivity index (χ2n) is 6.59. The molecule has 0 radical (unpaired) electrons. The van der Waals surface area contributed by atoms with Crippen LogP contribution in [0.2, 0.25) is 0 Å². The Hall–Kier alpha value is -2.94. The molecule has 0 aliphatic carbocycles. The summed E-state index contributed by atoms with van der Waals surface area (Å²) in [5.74, 6) is 1.39. The summed E-state index contributed by atoms with van der Waals surface area (Å²) in [5.41, 5.74) is 1.10. The average Bonchev–Trinajstić information content (AvgIpc) is 2.71. The number of nitrogens with one attached hydrogen (secondary N) is 1. The number of hydrogen-bond acceptors (Lipinski definition) is 6. The van der Waals surface area contributed by atoms with E-state index in [2.05, 4.69) is 5.32 Å². The van der Waals surface area contributed by atoms with Crippen LogP contribution in [0.25, 0.3) is 0 Å². The molecule has 1 N–H and O–H groups in total. The van der Waals surface area contributed by atoms with Gasteiger partial charge in [0, 0.05) is 5.56 Å². The number of hydrogen-bond donors (Lipinski definition) is 1. The number of sulfonamides is 1. The summed E-state index contributed by atoms with van der Waals surface area (Å²) in [7, 11) is -0.585. The molecule has 0 spiro atoms. The SMILES string of the molecule is CCOc1ccc(N(CC(=O)N[C@@H](C)c2cc(OC)ccc2OC)S(C)(=O)=O)cc1. The number of rotatable bonds is 10. The second kappa shape index (κ2) is 10.2. The quantitative estimate of drug-likeness (QED) is 0.616. The first-order valence-electron chi connectivity index (χ1n) is 9.41. The summed E-state index contributed by atoms with van der Waals surface area (Å²) in [6.07, 6.45) is 1.06. The van der Waals surface area contributed by atoms with Crippen molar-refractivity contribution >= 4 is 21.6 Å². The number of benzene rings is 2. The van der Waals surface area contributed by atoms with E-state index in [9.17, 15) is 13.2 Å². The third-order valence-corrected chi connectivity index (χ3v) is 5.54. The van der Waals surface area contributed by atoms with Crippen molar-refractivity contribution in [1.82, 2.24) is 5.32 Å². The van der Waals surface area contributed by atoms with Gasteiger partial charge < -0.3 is 19.5 Å². The predicted octanol–water partition coefficient (Wildman–Crippen LogP) is 2.75. The van der Waals surface area contributed by atoms with E-state index in [0.717, 1.165) is 16.1 Å². The lowest BCUT2D eigenvalue weighted by atomic mass is 10.1. The van der Waals surface area contributed by atoms with E-state index in [0.29, 0.717) is 29.5 Å². The number of ether oxygens (including phenoxy) is 3. The molecule has 0 aromatic heterocycles. The zero-order chi connectivity index (χ0) is 22.3. The molecule has 1 atom stereocenters. The van der Waals surface area contributed by atoms with Gasteiger partial charge in [-0.15, -0.1) is 0 Å². The summed E-state index contributed by atoms with van der Waals surface area (Å²) in [5, 5.41) is 2.82. The summed E-state index contributed by atoms with van der Waals surface area (Å²) >= 11 is 0. The lowest BCUT2D eigenvalue weighted by Gasteiger charge is -2.24. The molecule has 0 saturated carbocycles. The van der Waals surface area contributed by atoms with E-state index in [1.165, 1.54) is 7.11 Å². The zero-order valence-electron chi connectivity index (χ0n) is 17.8. The third-order valence-electron chi connectivity index (χ3n) is 4.40. The smallest absolute Gasteiger partial charge is 0.241 e. The molecule has 2 rings (SSSR count). The van der Waals surface area contributed by atoms with Gasteiger partial charge in [-0.1, -0.05) is 0 Å². The van der Waals surface area contributed by atoms with Crippen molar-refractivity contribution in [3.05, 3.63) is 48.0 Å². The van der Waals surface area contributed by atoms with Gasteiger partial charge in [0.2, 0.25) is 15.9 Å². The van der Waals surface area contributed by atoms with Gasteiger partial charge >= 0.3 is 0 Å². The lowest BCUT2D eigenvalue weighted by Crippen LogP contribution is -2.41. The molecular weight excluding hydrogens is 408 g/mol. The Morgan fingerprint density at radius 3 is 2.23 bits per heavy atom. The lowest BCUT2D eigenvalue weighted by molar-refractivity contribution is -0.120. The Kier molecular flexibility index (Phi) is 7.93. The molecular formula is C21H28N2O6S. The van der Waals surface area contributed by atoms with Gasteiger partial charge in [0.25, 0.3) is 0 Å².